The van der Waals surface area contributed by atoms with Crippen molar-refractivity contribution in [2.45, 2.75) is 19.8 Å². The minimum Gasteiger partial charge on any atom is -0.490 e. The first-order valence-electron chi connectivity index (χ1n) is 7.19. The average Bonchev–Trinajstić information content (AvgIpc) is 2.80. The summed E-state index contributed by atoms with van der Waals surface area (Å²) in [5, 5.41) is 6.52. The smallest absolute Gasteiger partial charge is 0.251 e. The molecular weight excluding hydrogens is 286 g/mol. The van der Waals surface area contributed by atoms with Crippen molar-refractivity contribution in [3.05, 3.63) is 35.5 Å². The largest absolute Gasteiger partial charge is 0.490 e. The summed E-state index contributed by atoms with van der Waals surface area (Å²) in [6.45, 7) is 3.40. The molecule has 0 spiro atoms. The zero-order valence-corrected chi connectivity index (χ0v) is 12.3. The van der Waals surface area contributed by atoms with Crippen molar-refractivity contribution >= 4 is 5.91 Å². The van der Waals surface area contributed by atoms with Crippen molar-refractivity contribution in [2.24, 2.45) is 0 Å². The standard InChI is InChI=1S/C15H17N3O4/c1-10-17-14(22-18-10)5-6-16-15(19)11-3-4-12-13(9-11)21-8-2-7-20-12/h3-4,9H,2,5-8H2,1H3,(H,16,19). The van der Waals surface area contributed by atoms with E-state index >= 15 is 0 Å². The average molecular weight is 303 g/mol. The number of carbonyl (C=O) groups is 1. The predicted octanol–water partition coefficient (Wildman–Crippen LogP) is 1.51. The van der Waals surface area contributed by atoms with Crippen LogP contribution in [-0.4, -0.2) is 35.8 Å². The molecule has 2 aromatic rings. The van der Waals surface area contributed by atoms with Gasteiger partial charge in [-0.3, -0.25) is 4.79 Å². The summed E-state index contributed by atoms with van der Waals surface area (Å²) < 4.78 is 16.1. The van der Waals surface area contributed by atoms with Gasteiger partial charge in [-0.25, -0.2) is 0 Å². The van der Waals surface area contributed by atoms with Crippen LogP contribution in [-0.2, 0) is 6.42 Å². The van der Waals surface area contributed by atoms with Crippen LogP contribution in [0.25, 0.3) is 0 Å². The Labute approximate surface area is 127 Å². The molecule has 2 heterocycles. The van der Waals surface area contributed by atoms with E-state index in [2.05, 4.69) is 15.5 Å². The number of hydrogen-bond acceptors (Lipinski definition) is 6. The van der Waals surface area contributed by atoms with Crippen molar-refractivity contribution in [3.63, 3.8) is 0 Å². The Kier molecular flexibility index (Phi) is 4.22. The number of nitrogens with one attached hydrogen (secondary N) is 1. The van der Waals surface area contributed by atoms with Crippen LogP contribution >= 0.6 is 0 Å². The van der Waals surface area contributed by atoms with Gasteiger partial charge in [0.1, 0.15) is 0 Å². The van der Waals surface area contributed by atoms with Gasteiger partial charge in [0.15, 0.2) is 17.3 Å². The molecule has 1 aromatic heterocycles. The lowest BCUT2D eigenvalue weighted by Gasteiger charge is -2.09. The molecule has 7 heteroatoms. The quantitative estimate of drug-likeness (QED) is 0.921. The van der Waals surface area contributed by atoms with Gasteiger partial charge in [-0.1, -0.05) is 5.16 Å². The van der Waals surface area contributed by atoms with Gasteiger partial charge in [-0.05, 0) is 25.1 Å². The maximum Gasteiger partial charge on any atom is 0.251 e. The Morgan fingerprint density at radius 2 is 2.09 bits per heavy atom. The molecule has 7 nitrogen and oxygen atoms in total. The van der Waals surface area contributed by atoms with Gasteiger partial charge in [0.2, 0.25) is 5.89 Å². The molecule has 1 aliphatic heterocycles. The highest BCUT2D eigenvalue weighted by Gasteiger charge is 2.14. The third-order valence-corrected chi connectivity index (χ3v) is 3.20. The monoisotopic (exact) mass is 303 g/mol. The molecule has 116 valence electrons. The number of aromatic nitrogens is 2. The predicted molar refractivity (Wildman–Crippen MR) is 77.1 cm³/mol. The summed E-state index contributed by atoms with van der Waals surface area (Å²) >= 11 is 0. The van der Waals surface area contributed by atoms with Crippen LogP contribution in [0.2, 0.25) is 0 Å². The maximum atomic E-state index is 12.1. The molecule has 1 aromatic carbocycles. The van der Waals surface area contributed by atoms with Crippen molar-refractivity contribution in [1.82, 2.24) is 15.5 Å². The van der Waals surface area contributed by atoms with E-state index in [1.54, 1.807) is 25.1 Å². The summed E-state index contributed by atoms with van der Waals surface area (Å²) in [4.78, 5) is 16.2. The van der Waals surface area contributed by atoms with Crippen molar-refractivity contribution in [1.29, 1.82) is 0 Å². The molecule has 0 radical (unpaired) electrons. The van der Waals surface area contributed by atoms with Crippen LogP contribution < -0.4 is 14.8 Å². The van der Waals surface area contributed by atoms with E-state index in [4.69, 9.17) is 14.0 Å². The van der Waals surface area contributed by atoms with Crippen molar-refractivity contribution < 1.29 is 18.8 Å². The lowest BCUT2D eigenvalue weighted by molar-refractivity contribution is 0.0953. The van der Waals surface area contributed by atoms with Crippen LogP contribution in [0, 0.1) is 6.92 Å². The number of carbonyl (C=O) groups excluding carboxylic acids is 1. The van der Waals surface area contributed by atoms with Crippen LogP contribution in [0.15, 0.2) is 22.7 Å². The fourth-order valence-electron chi connectivity index (χ4n) is 2.13. The van der Waals surface area contributed by atoms with Crippen molar-refractivity contribution in [2.75, 3.05) is 19.8 Å². The second kappa shape index (κ2) is 6.46. The highest BCUT2D eigenvalue weighted by atomic mass is 16.5. The zero-order chi connectivity index (χ0) is 15.4. The van der Waals surface area contributed by atoms with Crippen LogP contribution in [0.4, 0.5) is 0 Å². The number of aryl methyl sites for hydroxylation is 1. The number of hydrogen-bond donors (Lipinski definition) is 1. The lowest BCUT2D eigenvalue weighted by atomic mass is 10.2. The lowest BCUT2D eigenvalue weighted by Crippen LogP contribution is -2.25. The third-order valence-electron chi connectivity index (χ3n) is 3.20. The Bertz CT molecular complexity index is 669. The highest BCUT2D eigenvalue weighted by Crippen LogP contribution is 2.30. The van der Waals surface area contributed by atoms with E-state index in [0.29, 0.717) is 55.0 Å². The third kappa shape index (κ3) is 3.36. The van der Waals surface area contributed by atoms with Crippen LogP contribution in [0.5, 0.6) is 11.5 Å². The first-order valence-corrected chi connectivity index (χ1v) is 7.19. The molecule has 22 heavy (non-hydrogen) atoms. The Morgan fingerprint density at radius 3 is 2.86 bits per heavy atom. The van der Waals surface area contributed by atoms with Crippen molar-refractivity contribution in [3.8, 4) is 11.5 Å². The zero-order valence-electron chi connectivity index (χ0n) is 12.3. The van der Waals surface area contributed by atoms with E-state index in [9.17, 15) is 4.79 Å². The van der Waals surface area contributed by atoms with E-state index < -0.39 is 0 Å². The summed E-state index contributed by atoms with van der Waals surface area (Å²) in [6.07, 6.45) is 1.33. The minimum atomic E-state index is -0.174. The molecule has 0 atom stereocenters. The molecule has 0 saturated carbocycles. The van der Waals surface area contributed by atoms with E-state index in [0.717, 1.165) is 6.42 Å². The van der Waals surface area contributed by atoms with E-state index in [1.807, 2.05) is 0 Å². The summed E-state index contributed by atoms with van der Waals surface area (Å²) in [5.74, 6) is 2.21. The molecule has 0 aliphatic carbocycles. The molecule has 0 bridgehead atoms. The first kappa shape index (κ1) is 14.4. The van der Waals surface area contributed by atoms with Gasteiger partial charge < -0.3 is 19.3 Å². The molecule has 0 fully saturated rings. The molecule has 1 amide bonds. The Hall–Kier alpha value is -2.57. The Balaban J connectivity index is 1.59. The molecule has 1 aliphatic rings. The van der Waals surface area contributed by atoms with Gasteiger partial charge >= 0.3 is 0 Å². The minimum absolute atomic E-state index is 0.174. The van der Waals surface area contributed by atoms with E-state index in [1.165, 1.54) is 0 Å². The number of nitrogens with zero attached hydrogens (tertiary/aromatic N) is 2. The van der Waals surface area contributed by atoms with Gasteiger partial charge in [-0.2, -0.15) is 4.98 Å². The van der Waals surface area contributed by atoms with Gasteiger partial charge in [0, 0.05) is 24.9 Å². The van der Waals surface area contributed by atoms with Crippen LogP contribution in [0.3, 0.4) is 0 Å². The van der Waals surface area contributed by atoms with Gasteiger partial charge in [0.25, 0.3) is 5.91 Å². The molecular formula is C15H17N3O4. The number of ether oxygens (including phenoxy) is 2. The fraction of sp³-hybridized carbons (Fsp3) is 0.400. The summed E-state index contributed by atoms with van der Waals surface area (Å²) in [6, 6.07) is 5.18. The second-order valence-corrected chi connectivity index (χ2v) is 4.95. The number of rotatable bonds is 4. The molecule has 0 unspecified atom stereocenters. The summed E-state index contributed by atoms with van der Waals surface area (Å²) in [5.41, 5.74) is 0.533. The van der Waals surface area contributed by atoms with Crippen LogP contribution in [0.1, 0.15) is 28.5 Å². The normalized spacial score (nSPS) is 13.5. The second-order valence-electron chi connectivity index (χ2n) is 4.95. The van der Waals surface area contributed by atoms with Gasteiger partial charge in [0.05, 0.1) is 13.2 Å². The van der Waals surface area contributed by atoms with Gasteiger partial charge in [-0.15, -0.1) is 0 Å². The number of benzene rings is 1. The maximum absolute atomic E-state index is 12.1. The number of fused-ring (bicyclic) bond motifs is 1. The molecule has 1 N–H and O–H groups in total. The fourth-order valence-corrected chi connectivity index (χ4v) is 2.13. The first-order chi connectivity index (χ1) is 10.7. The van der Waals surface area contributed by atoms with E-state index in [-0.39, 0.29) is 5.91 Å². The summed E-state index contributed by atoms with van der Waals surface area (Å²) in [7, 11) is 0. The number of amides is 1. The molecule has 3 rings (SSSR count). The Morgan fingerprint density at radius 1 is 1.27 bits per heavy atom. The SMILES string of the molecule is Cc1noc(CCNC(=O)c2ccc3c(c2)OCCCO3)n1. The topological polar surface area (TPSA) is 86.5 Å². The molecule has 0 saturated heterocycles. The highest BCUT2D eigenvalue weighted by molar-refractivity contribution is 5.94.